The van der Waals surface area contributed by atoms with Gasteiger partial charge in [-0.05, 0) is 56.7 Å². The molecule has 0 bridgehead atoms. The van der Waals surface area contributed by atoms with Crippen molar-refractivity contribution in [2.45, 2.75) is 66.1 Å². The monoisotopic (exact) mass is 413 g/mol. The van der Waals surface area contributed by atoms with Gasteiger partial charge in [0.1, 0.15) is 12.0 Å². The quantitative estimate of drug-likeness (QED) is 0.594. The molecule has 0 N–H and O–H groups in total. The fraction of sp³-hybridized carbons (Fsp3) is 0.583. The number of amides is 1. The molecule has 30 heavy (non-hydrogen) atoms. The highest BCUT2D eigenvalue weighted by Gasteiger charge is 2.24. The van der Waals surface area contributed by atoms with Crippen LogP contribution in [0.15, 0.2) is 34.9 Å². The van der Waals surface area contributed by atoms with Crippen LogP contribution in [0.25, 0.3) is 0 Å². The van der Waals surface area contributed by atoms with Crippen LogP contribution in [-0.2, 0) is 13.1 Å². The Balaban J connectivity index is 1.69. The standard InChI is InChI=1S/C24H35N3O3/c1-5-29-21-11-9-20(10-12-21)15-27(19(4)18(2)3)16-23-25-22(17-30-23)24(28)26-13-7-6-8-14-26/h9-12,17-19H,5-8,13-16H2,1-4H3. The Morgan fingerprint density at radius 2 is 1.83 bits per heavy atom. The van der Waals surface area contributed by atoms with Crippen LogP contribution in [0.4, 0.5) is 0 Å². The van der Waals surface area contributed by atoms with E-state index in [0.29, 0.717) is 36.7 Å². The number of hydrogen-bond donors (Lipinski definition) is 0. The second-order valence-corrected chi connectivity index (χ2v) is 8.45. The van der Waals surface area contributed by atoms with E-state index in [1.807, 2.05) is 24.0 Å². The largest absolute Gasteiger partial charge is 0.494 e. The van der Waals surface area contributed by atoms with E-state index in [9.17, 15) is 4.79 Å². The fourth-order valence-electron chi connectivity index (χ4n) is 3.77. The van der Waals surface area contributed by atoms with Crippen LogP contribution >= 0.6 is 0 Å². The molecule has 0 radical (unpaired) electrons. The molecule has 2 aromatic rings. The molecule has 0 spiro atoms. The normalized spacial score (nSPS) is 15.6. The number of carbonyl (C=O) groups excluding carboxylic acids is 1. The first-order chi connectivity index (χ1) is 14.5. The fourth-order valence-corrected chi connectivity index (χ4v) is 3.77. The molecule has 1 atom stereocenters. The molecule has 6 nitrogen and oxygen atoms in total. The minimum absolute atomic E-state index is 0.0142. The summed E-state index contributed by atoms with van der Waals surface area (Å²) in [6.07, 6.45) is 4.85. The lowest BCUT2D eigenvalue weighted by atomic mass is 10.0. The Kier molecular flexibility index (Phi) is 7.91. The maximum absolute atomic E-state index is 12.7. The van der Waals surface area contributed by atoms with E-state index in [0.717, 1.165) is 38.2 Å². The van der Waals surface area contributed by atoms with Crippen molar-refractivity contribution in [2.75, 3.05) is 19.7 Å². The first kappa shape index (κ1) is 22.3. The molecule has 1 aromatic heterocycles. The molecule has 1 aliphatic rings. The van der Waals surface area contributed by atoms with Crippen LogP contribution in [0.1, 0.15) is 68.9 Å². The first-order valence-corrected chi connectivity index (χ1v) is 11.2. The third-order valence-corrected chi connectivity index (χ3v) is 5.91. The minimum Gasteiger partial charge on any atom is -0.494 e. The van der Waals surface area contributed by atoms with Gasteiger partial charge in [-0.25, -0.2) is 4.98 Å². The molecule has 2 heterocycles. The van der Waals surface area contributed by atoms with Gasteiger partial charge in [0.15, 0.2) is 5.69 Å². The summed E-state index contributed by atoms with van der Waals surface area (Å²) in [5.74, 6) is 1.95. The van der Waals surface area contributed by atoms with E-state index < -0.39 is 0 Å². The molecule has 0 aliphatic carbocycles. The number of nitrogens with zero attached hydrogens (tertiary/aromatic N) is 3. The number of likely N-dealkylation sites (tertiary alicyclic amines) is 1. The van der Waals surface area contributed by atoms with Crippen LogP contribution in [0.5, 0.6) is 5.75 Å². The van der Waals surface area contributed by atoms with Gasteiger partial charge in [-0.15, -0.1) is 0 Å². The molecule has 1 amide bonds. The maximum Gasteiger partial charge on any atom is 0.275 e. The molecule has 1 aliphatic heterocycles. The summed E-state index contributed by atoms with van der Waals surface area (Å²) in [5, 5.41) is 0. The summed E-state index contributed by atoms with van der Waals surface area (Å²) in [4.78, 5) is 21.5. The Hall–Kier alpha value is -2.34. The molecule has 0 saturated carbocycles. The average molecular weight is 414 g/mol. The highest BCUT2D eigenvalue weighted by Crippen LogP contribution is 2.20. The van der Waals surface area contributed by atoms with E-state index in [-0.39, 0.29) is 5.91 Å². The molecule has 3 rings (SSSR count). The van der Waals surface area contributed by atoms with Crippen molar-refractivity contribution in [3.05, 3.63) is 47.7 Å². The zero-order valence-corrected chi connectivity index (χ0v) is 18.8. The van der Waals surface area contributed by atoms with Gasteiger partial charge in [0, 0.05) is 25.7 Å². The van der Waals surface area contributed by atoms with Crippen molar-refractivity contribution in [1.82, 2.24) is 14.8 Å². The highest BCUT2D eigenvalue weighted by molar-refractivity contribution is 5.92. The van der Waals surface area contributed by atoms with E-state index in [4.69, 9.17) is 9.15 Å². The molecule has 1 unspecified atom stereocenters. The molecule has 1 aromatic carbocycles. The predicted octanol–water partition coefficient (Wildman–Crippen LogP) is 4.75. The van der Waals surface area contributed by atoms with Crippen molar-refractivity contribution in [3.8, 4) is 5.75 Å². The molecule has 1 fully saturated rings. The first-order valence-electron chi connectivity index (χ1n) is 11.2. The van der Waals surface area contributed by atoms with Crippen molar-refractivity contribution in [3.63, 3.8) is 0 Å². The lowest BCUT2D eigenvalue weighted by molar-refractivity contribution is 0.0718. The van der Waals surface area contributed by atoms with E-state index in [1.54, 1.807) is 0 Å². The van der Waals surface area contributed by atoms with Gasteiger partial charge in [0.25, 0.3) is 5.91 Å². The summed E-state index contributed by atoms with van der Waals surface area (Å²) in [5.41, 5.74) is 1.63. The van der Waals surface area contributed by atoms with Crippen LogP contribution in [-0.4, -0.2) is 46.4 Å². The maximum atomic E-state index is 12.7. The molecular weight excluding hydrogens is 378 g/mol. The Morgan fingerprint density at radius 3 is 2.47 bits per heavy atom. The van der Waals surface area contributed by atoms with Gasteiger partial charge < -0.3 is 14.1 Å². The number of oxazole rings is 1. The van der Waals surface area contributed by atoms with Crippen LogP contribution < -0.4 is 4.74 Å². The summed E-state index contributed by atoms with van der Waals surface area (Å²) >= 11 is 0. The molecule has 164 valence electrons. The van der Waals surface area contributed by atoms with Gasteiger partial charge in [-0.1, -0.05) is 26.0 Å². The highest BCUT2D eigenvalue weighted by atomic mass is 16.5. The Morgan fingerprint density at radius 1 is 1.13 bits per heavy atom. The number of piperidine rings is 1. The van der Waals surface area contributed by atoms with Gasteiger partial charge in [-0.2, -0.15) is 0 Å². The number of carbonyl (C=O) groups is 1. The predicted molar refractivity (Wildman–Crippen MR) is 117 cm³/mol. The van der Waals surface area contributed by atoms with E-state index >= 15 is 0 Å². The van der Waals surface area contributed by atoms with Crippen LogP contribution in [0.2, 0.25) is 0 Å². The average Bonchev–Trinajstić information content (AvgIpc) is 3.23. The van der Waals surface area contributed by atoms with Crippen molar-refractivity contribution in [2.24, 2.45) is 5.92 Å². The van der Waals surface area contributed by atoms with Crippen molar-refractivity contribution in [1.29, 1.82) is 0 Å². The SMILES string of the molecule is CCOc1ccc(CN(Cc2nc(C(=O)N3CCCCC3)co2)C(C)C(C)C)cc1. The van der Waals surface area contributed by atoms with Gasteiger partial charge in [0.05, 0.1) is 13.2 Å². The number of aromatic nitrogens is 1. The van der Waals surface area contributed by atoms with E-state index in [2.05, 4.69) is 42.8 Å². The second kappa shape index (κ2) is 10.6. The summed E-state index contributed by atoms with van der Waals surface area (Å²) in [6, 6.07) is 8.57. The molecular formula is C24H35N3O3. The summed E-state index contributed by atoms with van der Waals surface area (Å²) in [7, 11) is 0. The number of benzene rings is 1. The third-order valence-electron chi connectivity index (χ3n) is 5.91. The third kappa shape index (κ3) is 5.85. The lowest BCUT2D eigenvalue weighted by Crippen LogP contribution is -2.36. The zero-order valence-electron chi connectivity index (χ0n) is 18.8. The summed E-state index contributed by atoms with van der Waals surface area (Å²) in [6.45, 7) is 12.3. The smallest absolute Gasteiger partial charge is 0.275 e. The molecule has 1 saturated heterocycles. The summed E-state index contributed by atoms with van der Waals surface area (Å²) < 4.78 is 11.3. The van der Waals surface area contributed by atoms with Crippen molar-refractivity contribution < 1.29 is 13.9 Å². The van der Waals surface area contributed by atoms with Gasteiger partial charge in [0.2, 0.25) is 5.89 Å². The topological polar surface area (TPSA) is 58.8 Å². The van der Waals surface area contributed by atoms with Gasteiger partial charge >= 0.3 is 0 Å². The van der Waals surface area contributed by atoms with E-state index in [1.165, 1.54) is 18.2 Å². The lowest BCUT2D eigenvalue weighted by Gasteiger charge is -2.30. The minimum atomic E-state index is -0.0142. The van der Waals surface area contributed by atoms with Crippen LogP contribution in [0, 0.1) is 5.92 Å². The van der Waals surface area contributed by atoms with Crippen molar-refractivity contribution >= 4 is 5.91 Å². The zero-order chi connectivity index (χ0) is 21.5. The van der Waals surface area contributed by atoms with Gasteiger partial charge in [-0.3, -0.25) is 9.69 Å². The molecule has 6 heteroatoms. The number of ether oxygens (including phenoxy) is 1. The number of hydrogen-bond acceptors (Lipinski definition) is 5. The Labute approximate surface area is 180 Å². The second-order valence-electron chi connectivity index (χ2n) is 8.45. The number of rotatable bonds is 9. The Bertz CT molecular complexity index is 794. The van der Waals surface area contributed by atoms with Crippen LogP contribution in [0.3, 0.4) is 0 Å².